The van der Waals surface area contributed by atoms with Crippen LogP contribution in [0.15, 0.2) is 48.5 Å². The smallest absolute Gasteiger partial charge is 0.120 e. The predicted octanol–water partition coefficient (Wildman–Crippen LogP) is 5.22. The molecule has 0 bridgehead atoms. The van der Waals surface area contributed by atoms with E-state index < -0.39 is 5.92 Å². The van der Waals surface area contributed by atoms with Crippen LogP contribution in [0.1, 0.15) is 44.9 Å². The lowest BCUT2D eigenvalue weighted by atomic mass is 9.81. The first-order valence-corrected chi connectivity index (χ1v) is 8.67. The Labute approximate surface area is 154 Å². The van der Waals surface area contributed by atoms with Gasteiger partial charge in [-0.3, -0.25) is 0 Å². The maximum Gasteiger partial charge on any atom is 0.120 e. The number of phenolic OH excluding ortho intramolecular Hbond substituents is 3. The first kappa shape index (κ1) is 17.9. The Kier molecular flexibility index (Phi) is 4.64. The average Bonchev–Trinajstić information content (AvgIpc) is 2.58. The SMILES string of the molecule is Cc1cc(O)c(C(c2ccccc2O)c2cc(C)c(C)cc2O)cc1C. The number of para-hydroxylation sites is 1. The Morgan fingerprint density at radius 3 is 1.42 bits per heavy atom. The van der Waals surface area contributed by atoms with Gasteiger partial charge in [0.25, 0.3) is 0 Å². The fourth-order valence-corrected chi connectivity index (χ4v) is 3.34. The summed E-state index contributed by atoms with van der Waals surface area (Å²) in [4.78, 5) is 0. The molecular formula is C23H24O3. The van der Waals surface area contributed by atoms with Gasteiger partial charge in [0.15, 0.2) is 0 Å². The summed E-state index contributed by atoms with van der Waals surface area (Å²) in [7, 11) is 0. The number of rotatable bonds is 3. The third kappa shape index (κ3) is 3.13. The van der Waals surface area contributed by atoms with Crippen molar-refractivity contribution in [1.82, 2.24) is 0 Å². The molecule has 3 aromatic carbocycles. The summed E-state index contributed by atoms with van der Waals surface area (Å²) < 4.78 is 0. The lowest BCUT2D eigenvalue weighted by molar-refractivity contribution is 0.450. The van der Waals surface area contributed by atoms with Crippen LogP contribution in [0.25, 0.3) is 0 Å². The maximum atomic E-state index is 10.7. The van der Waals surface area contributed by atoms with Crippen molar-refractivity contribution in [3.05, 3.63) is 87.5 Å². The summed E-state index contributed by atoms with van der Waals surface area (Å²) >= 11 is 0. The van der Waals surface area contributed by atoms with Crippen molar-refractivity contribution >= 4 is 0 Å². The van der Waals surface area contributed by atoms with Crippen LogP contribution in [0, 0.1) is 27.7 Å². The Bertz CT molecular complexity index is 916. The normalized spacial score (nSPS) is 11.1. The highest BCUT2D eigenvalue weighted by atomic mass is 16.3. The first-order chi connectivity index (χ1) is 12.3. The van der Waals surface area contributed by atoms with Gasteiger partial charge in [-0.05, 0) is 68.1 Å². The van der Waals surface area contributed by atoms with Crippen LogP contribution in [0.3, 0.4) is 0 Å². The number of aryl methyl sites for hydroxylation is 4. The molecule has 3 N–H and O–H groups in total. The molecule has 0 unspecified atom stereocenters. The van der Waals surface area contributed by atoms with E-state index in [1.807, 2.05) is 52.0 Å². The topological polar surface area (TPSA) is 60.7 Å². The zero-order valence-corrected chi connectivity index (χ0v) is 15.5. The van der Waals surface area contributed by atoms with Gasteiger partial charge in [0.05, 0.1) is 0 Å². The van der Waals surface area contributed by atoms with E-state index in [1.165, 1.54) is 0 Å². The van der Waals surface area contributed by atoms with Gasteiger partial charge in [-0.15, -0.1) is 0 Å². The molecule has 3 rings (SSSR count). The molecule has 0 amide bonds. The molecule has 134 valence electrons. The highest BCUT2D eigenvalue weighted by Crippen LogP contribution is 2.44. The number of aromatic hydroxyl groups is 3. The predicted molar refractivity (Wildman–Crippen MR) is 104 cm³/mol. The molecule has 3 aromatic rings. The van der Waals surface area contributed by atoms with Crippen molar-refractivity contribution < 1.29 is 15.3 Å². The molecule has 0 saturated carbocycles. The maximum absolute atomic E-state index is 10.7. The summed E-state index contributed by atoms with van der Waals surface area (Å²) in [5.74, 6) is -0.0412. The van der Waals surface area contributed by atoms with Gasteiger partial charge in [-0.2, -0.15) is 0 Å². The second-order valence-electron chi connectivity index (χ2n) is 6.98. The lowest BCUT2D eigenvalue weighted by Crippen LogP contribution is -2.06. The third-order valence-corrected chi connectivity index (χ3v) is 5.16. The van der Waals surface area contributed by atoms with Crippen molar-refractivity contribution in [2.75, 3.05) is 0 Å². The van der Waals surface area contributed by atoms with E-state index in [0.717, 1.165) is 22.3 Å². The van der Waals surface area contributed by atoms with E-state index >= 15 is 0 Å². The van der Waals surface area contributed by atoms with Crippen LogP contribution in [0.2, 0.25) is 0 Å². The van der Waals surface area contributed by atoms with E-state index in [-0.39, 0.29) is 17.2 Å². The highest BCUT2D eigenvalue weighted by molar-refractivity contribution is 5.58. The van der Waals surface area contributed by atoms with Gasteiger partial charge in [-0.1, -0.05) is 30.3 Å². The summed E-state index contributed by atoms with van der Waals surface area (Å²) in [5.41, 5.74) is 6.03. The van der Waals surface area contributed by atoms with E-state index in [2.05, 4.69) is 0 Å². The molecule has 0 spiro atoms. The van der Waals surface area contributed by atoms with Crippen LogP contribution < -0.4 is 0 Å². The second kappa shape index (κ2) is 6.75. The van der Waals surface area contributed by atoms with Gasteiger partial charge in [-0.25, -0.2) is 0 Å². The molecule has 0 aliphatic rings. The monoisotopic (exact) mass is 348 g/mol. The Hall–Kier alpha value is -2.94. The van der Waals surface area contributed by atoms with Crippen LogP contribution in [-0.2, 0) is 0 Å². The number of phenols is 3. The summed E-state index contributed by atoms with van der Waals surface area (Å²) in [6.07, 6.45) is 0. The van der Waals surface area contributed by atoms with Crippen LogP contribution in [0.4, 0.5) is 0 Å². The quantitative estimate of drug-likeness (QED) is 0.569. The molecule has 3 heteroatoms. The van der Waals surface area contributed by atoms with Crippen molar-refractivity contribution in [1.29, 1.82) is 0 Å². The number of hydrogen-bond acceptors (Lipinski definition) is 3. The number of benzene rings is 3. The molecule has 26 heavy (non-hydrogen) atoms. The molecular weight excluding hydrogens is 324 g/mol. The molecule has 0 heterocycles. The molecule has 0 aliphatic heterocycles. The summed E-state index contributed by atoms with van der Waals surface area (Å²) in [6, 6.07) is 14.4. The van der Waals surface area contributed by atoms with E-state index in [1.54, 1.807) is 24.3 Å². The molecule has 0 fully saturated rings. The van der Waals surface area contributed by atoms with Gasteiger partial charge >= 0.3 is 0 Å². The van der Waals surface area contributed by atoms with Crippen molar-refractivity contribution in [2.24, 2.45) is 0 Å². The largest absolute Gasteiger partial charge is 0.508 e. The Morgan fingerprint density at radius 2 is 0.962 bits per heavy atom. The van der Waals surface area contributed by atoms with E-state index in [9.17, 15) is 15.3 Å². The molecule has 0 radical (unpaired) electrons. The third-order valence-electron chi connectivity index (χ3n) is 5.16. The van der Waals surface area contributed by atoms with Crippen LogP contribution in [-0.4, -0.2) is 15.3 Å². The van der Waals surface area contributed by atoms with Crippen molar-refractivity contribution in [3.63, 3.8) is 0 Å². The van der Waals surface area contributed by atoms with Crippen LogP contribution >= 0.6 is 0 Å². The Balaban J connectivity index is 2.34. The minimum atomic E-state index is -0.477. The minimum absolute atomic E-state index is 0.132. The number of hydrogen-bond donors (Lipinski definition) is 3. The van der Waals surface area contributed by atoms with Crippen molar-refractivity contribution in [3.8, 4) is 17.2 Å². The highest BCUT2D eigenvalue weighted by Gasteiger charge is 2.26. The zero-order valence-electron chi connectivity index (χ0n) is 15.5. The molecule has 0 atom stereocenters. The summed E-state index contributed by atoms with van der Waals surface area (Å²) in [5, 5.41) is 31.8. The minimum Gasteiger partial charge on any atom is -0.508 e. The van der Waals surface area contributed by atoms with Crippen LogP contribution in [0.5, 0.6) is 17.2 Å². The van der Waals surface area contributed by atoms with E-state index in [0.29, 0.717) is 16.7 Å². The molecule has 3 nitrogen and oxygen atoms in total. The fraction of sp³-hybridized carbons (Fsp3) is 0.217. The van der Waals surface area contributed by atoms with E-state index in [4.69, 9.17) is 0 Å². The van der Waals surface area contributed by atoms with Gasteiger partial charge in [0, 0.05) is 22.6 Å². The first-order valence-electron chi connectivity index (χ1n) is 8.67. The van der Waals surface area contributed by atoms with Gasteiger partial charge in [0.2, 0.25) is 0 Å². The zero-order chi connectivity index (χ0) is 19.0. The standard InChI is InChI=1S/C23H24O3/c1-13-9-18(21(25)11-15(13)3)23(17-7-5-6-8-20(17)24)19-10-14(2)16(4)12-22(19)26/h5-12,23-26H,1-4H3. The fourth-order valence-electron chi connectivity index (χ4n) is 3.34. The molecule has 0 saturated heterocycles. The molecule has 0 aliphatic carbocycles. The van der Waals surface area contributed by atoms with Gasteiger partial charge < -0.3 is 15.3 Å². The lowest BCUT2D eigenvalue weighted by Gasteiger charge is -2.23. The average molecular weight is 348 g/mol. The Morgan fingerprint density at radius 1 is 0.538 bits per heavy atom. The van der Waals surface area contributed by atoms with Gasteiger partial charge in [0.1, 0.15) is 17.2 Å². The van der Waals surface area contributed by atoms with Crippen molar-refractivity contribution in [2.45, 2.75) is 33.6 Å². The molecule has 0 aromatic heterocycles. The summed E-state index contributed by atoms with van der Waals surface area (Å²) in [6.45, 7) is 7.86. The second-order valence-corrected chi connectivity index (χ2v) is 6.98.